The van der Waals surface area contributed by atoms with Crippen LogP contribution in [0.4, 0.5) is 0 Å². The Morgan fingerprint density at radius 2 is 1.57 bits per heavy atom. The highest BCUT2D eigenvalue weighted by atomic mass is 32.2. The second kappa shape index (κ2) is 7.04. The van der Waals surface area contributed by atoms with E-state index in [2.05, 4.69) is 32.4 Å². The summed E-state index contributed by atoms with van der Waals surface area (Å²) in [6, 6.07) is 5.20. The summed E-state index contributed by atoms with van der Waals surface area (Å²) >= 11 is 0. The standard InChI is InChI=1S/C15H23NO4S/c1-10(2)14(11(3)4)9-16-21(19,20)13-7-5-12(6-8-13)15(17)18/h5-8,10-11,14,16H,9H2,1-4H3,(H,17,18). The van der Waals surface area contributed by atoms with Crippen molar-refractivity contribution in [2.45, 2.75) is 32.6 Å². The van der Waals surface area contributed by atoms with E-state index < -0.39 is 16.0 Å². The van der Waals surface area contributed by atoms with Gasteiger partial charge in [0.25, 0.3) is 0 Å². The van der Waals surface area contributed by atoms with Crippen molar-refractivity contribution in [3.63, 3.8) is 0 Å². The Balaban J connectivity index is 2.84. The SMILES string of the molecule is CC(C)C(CNS(=O)(=O)c1ccc(C(=O)O)cc1)C(C)C. The molecule has 0 fully saturated rings. The number of carboxylic acids is 1. The Kier molecular flexibility index (Phi) is 5.92. The molecule has 118 valence electrons. The van der Waals surface area contributed by atoms with Crippen LogP contribution >= 0.6 is 0 Å². The highest BCUT2D eigenvalue weighted by Gasteiger charge is 2.21. The second-order valence-corrected chi connectivity index (χ2v) is 7.60. The Labute approximate surface area is 126 Å². The Morgan fingerprint density at radius 1 is 1.10 bits per heavy atom. The molecule has 0 radical (unpaired) electrons. The van der Waals surface area contributed by atoms with E-state index >= 15 is 0 Å². The van der Waals surface area contributed by atoms with Gasteiger partial charge in [0.1, 0.15) is 0 Å². The molecule has 0 unspecified atom stereocenters. The molecule has 0 saturated heterocycles. The number of carbonyl (C=O) groups is 1. The first-order chi connectivity index (χ1) is 9.65. The molecule has 1 aromatic rings. The molecule has 0 bridgehead atoms. The van der Waals surface area contributed by atoms with E-state index in [-0.39, 0.29) is 16.4 Å². The number of hydrogen-bond acceptors (Lipinski definition) is 3. The average molecular weight is 313 g/mol. The summed E-state index contributed by atoms with van der Waals surface area (Å²) in [7, 11) is -3.61. The number of hydrogen-bond donors (Lipinski definition) is 2. The highest BCUT2D eigenvalue weighted by Crippen LogP contribution is 2.20. The molecule has 5 nitrogen and oxygen atoms in total. The summed E-state index contributed by atoms with van der Waals surface area (Å²) < 4.78 is 27.0. The van der Waals surface area contributed by atoms with E-state index in [1.54, 1.807) is 0 Å². The van der Waals surface area contributed by atoms with Gasteiger partial charge < -0.3 is 5.11 Å². The Morgan fingerprint density at radius 3 is 1.95 bits per heavy atom. The number of aromatic carboxylic acids is 1. The topological polar surface area (TPSA) is 83.5 Å². The number of sulfonamides is 1. The molecule has 0 saturated carbocycles. The lowest BCUT2D eigenvalue weighted by Gasteiger charge is -2.25. The number of rotatable bonds is 7. The van der Waals surface area contributed by atoms with E-state index in [0.29, 0.717) is 18.4 Å². The van der Waals surface area contributed by atoms with E-state index in [4.69, 9.17) is 5.11 Å². The Hall–Kier alpha value is -1.40. The first kappa shape index (κ1) is 17.7. The third-order valence-electron chi connectivity index (χ3n) is 3.63. The highest BCUT2D eigenvalue weighted by molar-refractivity contribution is 7.89. The van der Waals surface area contributed by atoms with Gasteiger partial charge in [-0.3, -0.25) is 0 Å². The average Bonchev–Trinajstić information content (AvgIpc) is 2.38. The quantitative estimate of drug-likeness (QED) is 0.810. The third-order valence-corrected chi connectivity index (χ3v) is 5.07. The summed E-state index contributed by atoms with van der Waals surface area (Å²) in [5.41, 5.74) is 0.0659. The number of nitrogens with one attached hydrogen (secondary N) is 1. The number of carboxylic acid groups (broad SMARTS) is 1. The van der Waals surface area contributed by atoms with Crippen LogP contribution in [0.5, 0.6) is 0 Å². The lowest BCUT2D eigenvalue weighted by atomic mass is 9.86. The monoisotopic (exact) mass is 313 g/mol. The van der Waals surface area contributed by atoms with E-state index in [9.17, 15) is 13.2 Å². The molecular formula is C15H23NO4S. The van der Waals surface area contributed by atoms with Crippen molar-refractivity contribution in [2.24, 2.45) is 17.8 Å². The maximum absolute atomic E-state index is 12.2. The van der Waals surface area contributed by atoms with Gasteiger partial charge in [-0.1, -0.05) is 27.7 Å². The van der Waals surface area contributed by atoms with Gasteiger partial charge in [-0.15, -0.1) is 0 Å². The molecule has 1 aromatic carbocycles. The Bertz CT molecular complexity index is 568. The molecule has 6 heteroatoms. The first-order valence-electron chi connectivity index (χ1n) is 6.98. The minimum absolute atomic E-state index is 0.0659. The molecule has 0 aliphatic heterocycles. The smallest absolute Gasteiger partial charge is 0.335 e. The zero-order valence-electron chi connectivity index (χ0n) is 12.8. The largest absolute Gasteiger partial charge is 0.478 e. The summed E-state index contributed by atoms with van der Waals surface area (Å²) in [5.74, 6) is -0.0752. The van der Waals surface area contributed by atoms with Crippen LogP contribution in [0.25, 0.3) is 0 Å². The van der Waals surface area contributed by atoms with Gasteiger partial charge >= 0.3 is 5.97 Å². The van der Waals surface area contributed by atoms with Crippen molar-refractivity contribution in [3.05, 3.63) is 29.8 Å². The molecule has 2 N–H and O–H groups in total. The second-order valence-electron chi connectivity index (χ2n) is 5.83. The van der Waals surface area contributed by atoms with Gasteiger partial charge in [-0.05, 0) is 42.0 Å². The van der Waals surface area contributed by atoms with Crippen molar-refractivity contribution in [3.8, 4) is 0 Å². The van der Waals surface area contributed by atoms with Gasteiger partial charge in [0, 0.05) is 6.54 Å². The van der Waals surface area contributed by atoms with Crippen LogP contribution in [0, 0.1) is 17.8 Å². The predicted molar refractivity (Wildman–Crippen MR) is 81.8 cm³/mol. The zero-order valence-corrected chi connectivity index (χ0v) is 13.6. The minimum atomic E-state index is -3.61. The fourth-order valence-corrected chi connectivity index (χ4v) is 3.38. The predicted octanol–water partition coefficient (Wildman–Crippen LogP) is 2.59. The molecule has 0 aliphatic carbocycles. The normalized spacial score (nSPS) is 12.3. The van der Waals surface area contributed by atoms with Gasteiger partial charge in [-0.2, -0.15) is 0 Å². The molecule has 0 amide bonds. The molecule has 0 atom stereocenters. The van der Waals surface area contributed by atoms with Crippen LogP contribution in [-0.2, 0) is 10.0 Å². The fourth-order valence-electron chi connectivity index (χ4n) is 2.31. The first-order valence-corrected chi connectivity index (χ1v) is 8.46. The van der Waals surface area contributed by atoms with Crippen molar-refractivity contribution in [1.82, 2.24) is 4.72 Å². The van der Waals surface area contributed by atoms with Crippen molar-refractivity contribution >= 4 is 16.0 Å². The van der Waals surface area contributed by atoms with Gasteiger partial charge in [0.05, 0.1) is 10.5 Å². The van der Waals surface area contributed by atoms with Crippen LogP contribution in [-0.4, -0.2) is 26.0 Å². The molecule has 0 aliphatic rings. The van der Waals surface area contributed by atoms with E-state index in [1.165, 1.54) is 24.3 Å². The number of benzene rings is 1. The molecule has 0 aromatic heterocycles. The fraction of sp³-hybridized carbons (Fsp3) is 0.533. The zero-order chi connectivity index (χ0) is 16.2. The van der Waals surface area contributed by atoms with Crippen LogP contribution < -0.4 is 4.72 Å². The van der Waals surface area contributed by atoms with Gasteiger partial charge in [-0.25, -0.2) is 17.9 Å². The van der Waals surface area contributed by atoms with Gasteiger partial charge in [0.2, 0.25) is 10.0 Å². The lowest BCUT2D eigenvalue weighted by molar-refractivity contribution is 0.0696. The maximum atomic E-state index is 12.2. The van der Waals surface area contributed by atoms with Gasteiger partial charge in [0.15, 0.2) is 0 Å². The summed E-state index contributed by atoms with van der Waals surface area (Å²) in [5, 5.41) is 8.81. The molecule has 0 heterocycles. The third kappa shape index (κ3) is 4.82. The lowest BCUT2D eigenvalue weighted by Crippen LogP contribution is -2.33. The van der Waals surface area contributed by atoms with Crippen molar-refractivity contribution < 1.29 is 18.3 Å². The van der Waals surface area contributed by atoms with Crippen LogP contribution in [0.2, 0.25) is 0 Å². The molecular weight excluding hydrogens is 290 g/mol. The maximum Gasteiger partial charge on any atom is 0.335 e. The summed E-state index contributed by atoms with van der Waals surface area (Å²) in [6.07, 6.45) is 0. The molecule has 21 heavy (non-hydrogen) atoms. The molecule has 0 spiro atoms. The van der Waals surface area contributed by atoms with Crippen molar-refractivity contribution in [1.29, 1.82) is 0 Å². The van der Waals surface area contributed by atoms with Crippen LogP contribution in [0.15, 0.2) is 29.2 Å². The summed E-state index contributed by atoms with van der Waals surface area (Å²) in [4.78, 5) is 10.8. The summed E-state index contributed by atoms with van der Waals surface area (Å²) in [6.45, 7) is 8.65. The minimum Gasteiger partial charge on any atom is -0.478 e. The van der Waals surface area contributed by atoms with E-state index in [1.807, 2.05) is 0 Å². The van der Waals surface area contributed by atoms with Crippen molar-refractivity contribution in [2.75, 3.05) is 6.54 Å². The van der Waals surface area contributed by atoms with E-state index in [0.717, 1.165) is 0 Å². The van der Waals surface area contributed by atoms with Crippen LogP contribution in [0.3, 0.4) is 0 Å². The molecule has 1 rings (SSSR count). The van der Waals surface area contributed by atoms with Crippen LogP contribution in [0.1, 0.15) is 38.1 Å².